The Hall–Kier alpha value is -0.260. The molecule has 2 N–H and O–H groups in total. The highest BCUT2D eigenvalue weighted by Crippen LogP contribution is 2.24. The third-order valence-corrected chi connectivity index (χ3v) is 5.25. The molecule has 0 spiro atoms. The van der Waals surface area contributed by atoms with Gasteiger partial charge in [-0.1, -0.05) is 6.42 Å². The van der Waals surface area contributed by atoms with Crippen LogP contribution in [0.1, 0.15) is 25.7 Å². The minimum Gasteiger partial charge on any atom is -0.393 e. The maximum Gasteiger partial charge on any atom is 0.234 e. The van der Waals surface area contributed by atoms with Crippen LogP contribution >= 0.6 is 11.8 Å². The highest BCUT2D eigenvalue weighted by atomic mass is 32.2. The van der Waals surface area contributed by atoms with Crippen molar-refractivity contribution in [2.24, 2.45) is 5.92 Å². The fraction of sp³-hybridized carbons (Fsp3) is 0.923. The summed E-state index contributed by atoms with van der Waals surface area (Å²) in [4.78, 5) is 14.0. The van der Waals surface area contributed by atoms with E-state index in [1.165, 1.54) is 12.2 Å². The number of likely N-dealkylation sites (N-methyl/N-ethyl adjacent to an activating group) is 1. The van der Waals surface area contributed by atoms with Gasteiger partial charge in [0.15, 0.2) is 0 Å². The van der Waals surface area contributed by atoms with Crippen molar-refractivity contribution in [2.75, 3.05) is 31.6 Å². The van der Waals surface area contributed by atoms with E-state index in [0.29, 0.717) is 19.1 Å². The monoisotopic (exact) mass is 272 g/mol. The number of carbonyl (C=O) groups excluding carboxylic acids is 1. The van der Waals surface area contributed by atoms with Crippen LogP contribution in [-0.4, -0.2) is 59.7 Å². The first-order valence-electron chi connectivity index (χ1n) is 6.89. The molecule has 3 atom stereocenters. The summed E-state index contributed by atoms with van der Waals surface area (Å²) in [7, 11) is 2.03. The molecule has 1 saturated carbocycles. The molecule has 5 heteroatoms. The van der Waals surface area contributed by atoms with Crippen LogP contribution in [0, 0.1) is 5.92 Å². The topological polar surface area (TPSA) is 52.6 Å². The van der Waals surface area contributed by atoms with Crippen molar-refractivity contribution in [1.29, 1.82) is 0 Å². The minimum atomic E-state index is -0.214. The summed E-state index contributed by atoms with van der Waals surface area (Å²) in [6.45, 7) is 1.11. The Morgan fingerprint density at radius 1 is 1.44 bits per heavy atom. The molecule has 0 aromatic heterocycles. The molecule has 2 rings (SSSR count). The molecule has 3 unspecified atom stereocenters. The lowest BCUT2D eigenvalue weighted by molar-refractivity contribution is -0.122. The highest BCUT2D eigenvalue weighted by Gasteiger charge is 2.26. The number of rotatable bonds is 5. The van der Waals surface area contributed by atoms with Crippen molar-refractivity contribution >= 4 is 17.7 Å². The quantitative estimate of drug-likeness (QED) is 0.773. The van der Waals surface area contributed by atoms with Gasteiger partial charge in [-0.15, -0.1) is 0 Å². The third-order valence-electron chi connectivity index (χ3n) is 4.10. The highest BCUT2D eigenvalue weighted by molar-refractivity contribution is 7.99. The normalized spacial score (nSPS) is 32.1. The number of hydrogen-bond acceptors (Lipinski definition) is 4. The van der Waals surface area contributed by atoms with Crippen LogP contribution in [0.15, 0.2) is 0 Å². The smallest absolute Gasteiger partial charge is 0.234 e. The molecule has 1 saturated heterocycles. The van der Waals surface area contributed by atoms with Crippen molar-refractivity contribution in [1.82, 2.24) is 10.2 Å². The van der Waals surface area contributed by atoms with Gasteiger partial charge in [0.25, 0.3) is 0 Å². The SMILES string of the molecule is CN(CC(=O)NCC1CCCC1O)C1CCSC1. The molecule has 0 bridgehead atoms. The molecule has 1 heterocycles. The van der Waals surface area contributed by atoms with Crippen LogP contribution < -0.4 is 5.32 Å². The lowest BCUT2D eigenvalue weighted by atomic mass is 10.1. The summed E-state index contributed by atoms with van der Waals surface area (Å²) in [5.41, 5.74) is 0. The van der Waals surface area contributed by atoms with E-state index in [4.69, 9.17) is 0 Å². The minimum absolute atomic E-state index is 0.0912. The Labute approximate surface area is 113 Å². The first kappa shape index (κ1) is 14.2. The molecule has 4 nitrogen and oxygen atoms in total. The number of nitrogens with zero attached hydrogens (tertiary/aromatic N) is 1. The molecule has 0 radical (unpaired) electrons. The van der Waals surface area contributed by atoms with Gasteiger partial charge in [-0.3, -0.25) is 9.69 Å². The number of thioether (sulfide) groups is 1. The van der Waals surface area contributed by atoms with Crippen molar-refractivity contribution in [2.45, 2.75) is 37.8 Å². The molecule has 2 aliphatic rings. The van der Waals surface area contributed by atoms with Gasteiger partial charge in [-0.2, -0.15) is 11.8 Å². The zero-order valence-electron chi connectivity index (χ0n) is 11.1. The van der Waals surface area contributed by atoms with E-state index >= 15 is 0 Å². The summed E-state index contributed by atoms with van der Waals surface area (Å²) in [6, 6.07) is 0.554. The Morgan fingerprint density at radius 3 is 2.89 bits per heavy atom. The number of aliphatic hydroxyl groups is 1. The molecular weight excluding hydrogens is 248 g/mol. The predicted molar refractivity (Wildman–Crippen MR) is 74.7 cm³/mol. The fourth-order valence-corrected chi connectivity index (χ4v) is 4.08. The Kier molecular flexibility index (Phi) is 5.33. The van der Waals surface area contributed by atoms with E-state index in [1.807, 2.05) is 18.8 Å². The zero-order chi connectivity index (χ0) is 13.0. The lowest BCUT2D eigenvalue weighted by Gasteiger charge is -2.23. The fourth-order valence-electron chi connectivity index (χ4n) is 2.78. The van der Waals surface area contributed by atoms with Crippen molar-refractivity contribution in [3.05, 3.63) is 0 Å². The second-order valence-electron chi connectivity index (χ2n) is 5.49. The van der Waals surface area contributed by atoms with E-state index in [9.17, 15) is 9.90 Å². The number of carbonyl (C=O) groups is 1. The van der Waals surface area contributed by atoms with Gasteiger partial charge < -0.3 is 10.4 Å². The molecular formula is C13H24N2O2S. The average Bonchev–Trinajstić information content (AvgIpc) is 2.97. The van der Waals surface area contributed by atoms with Crippen molar-refractivity contribution < 1.29 is 9.90 Å². The Morgan fingerprint density at radius 2 is 2.28 bits per heavy atom. The third kappa shape index (κ3) is 3.87. The second kappa shape index (κ2) is 6.78. The molecule has 1 aliphatic heterocycles. The summed E-state index contributed by atoms with van der Waals surface area (Å²) < 4.78 is 0. The van der Waals surface area contributed by atoms with E-state index in [1.54, 1.807) is 0 Å². The maximum atomic E-state index is 11.8. The van der Waals surface area contributed by atoms with Gasteiger partial charge in [0.1, 0.15) is 0 Å². The van der Waals surface area contributed by atoms with E-state index in [0.717, 1.165) is 25.0 Å². The lowest BCUT2D eigenvalue weighted by Crippen LogP contribution is -2.42. The van der Waals surface area contributed by atoms with Crippen molar-refractivity contribution in [3.63, 3.8) is 0 Å². The first-order chi connectivity index (χ1) is 8.66. The summed E-state index contributed by atoms with van der Waals surface area (Å²) in [5, 5.41) is 12.7. The van der Waals surface area contributed by atoms with Crippen LogP contribution in [0.25, 0.3) is 0 Å². The number of nitrogens with one attached hydrogen (secondary N) is 1. The first-order valence-corrected chi connectivity index (χ1v) is 8.05. The van der Waals surface area contributed by atoms with Gasteiger partial charge in [0.05, 0.1) is 12.6 Å². The molecule has 1 aliphatic carbocycles. The molecule has 0 aromatic carbocycles. The van der Waals surface area contributed by atoms with Gasteiger partial charge in [0.2, 0.25) is 5.91 Å². The number of hydrogen-bond donors (Lipinski definition) is 2. The summed E-state index contributed by atoms with van der Waals surface area (Å²) in [6.07, 6.45) is 3.99. The predicted octanol–water partition coefficient (Wildman–Crippen LogP) is 0.701. The van der Waals surface area contributed by atoms with Gasteiger partial charge in [-0.05, 0) is 32.1 Å². The molecule has 1 amide bonds. The van der Waals surface area contributed by atoms with Crippen LogP contribution in [0.4, 0.5) is 0 Å². The van der Waals surface area contributed by atoms with Crippen LogP contribution in [0.2, 0.25) is 0 Å². The number of amides is 1. The van der Waals surface area contributed by atoms with Gasteiger partial charge >= 0.3 is 0 Å². The van der Waals surface area contributed by atoms with Crippen LogP contribution in [-0.2, 0) is 4.79 Å². The average molecular weight is 272 g/mol. The van der Waals surface area contributed by atoms with E-state index in [-0.39, 0.29) is 17.9 Å². The van der Waals surface area contributed by atoms with Crippen LogP contribution in [0.5, 0.6) is 0 Å². The van der Waals surface area contributed by atoms with Crippen LogP contribution in [0.3, 0.4) is 0 Å². The largest absolute Gasteiger partial charge is 0.393 e. The summed E-state index contributed by atoms with van der Waals surface area (Å²) in [5.74, 6) is 2.71. The van der Waals surface area contributed by atoms with Gasteiger partial charge in [0, 0.05) is 24.3 Å². The molecule has 104 valence electrons. The van der Waals surface area contributed by atoms with Gasteiger partial charge in [-0.25, -0.2) is 0 Å². The Balaban J connectivity index is 1.65. The second-order valence-corrected chi connectivity index (χ2v) is 6.64. The molecule has 18 heavy (non-hydrogen) atoms. The molecule has 2 fully saturated rings. The van der Waals surface area contributed by atoms with E-state index < -0.39 is 0 Å². The zero-order valence-corrected chi connectivity index (χ0v) is 11.9. The Bertz CT molecular complexity index is 282. The standard InChI is InChI=1S/C13H24N2O2S/c1-15(11-5-6-18-9-11)8-13(17)14-7-10-3-2-4-12(10)16/h10-12,16H,2-9H2,1H3,(H,14,17). The van der Waals surface area contributed by atoms with E-state index in [2.05, 4.69) is 10.2 Å². The van der Waals surface area contributed by atoms with Crippen molar-refractivity contribution in [3.8, 4) is 0 Å². The molecule has 0 aromatic rings. The summed E-state index contributed by atoms with van der Waals surface area (Å²) >= 11 is 1.97. The number of aliphatic hydroxyl groups excluding tert-OH is 1. The maximum absolute atomic E-state index is 11.8.